The van der Waals surface area contributed by atoms with Gasteiger partial charge in [-0.3, -0.25) is 0 Å². The lowest BCUT2D eigenvalue weighted by Crippen LogP contribution is -2.02. The molecule has 0 amide bonds. The van der Waals surface area contributed by atoms with Crippen LogP contribution in [0.15, 0.2) is 24.9 Å². The average molecular weight is 223 g/mol. The topological polar surface area (TPSA) is 12.0 Å². The van der Waals surface area contributed by atoms with Crippen molar-refractivity contribution in [3.05, 3.63) is 24.9 Å². The van der Waals surface area contributed by atoms with Gasteiger partial charge in [0.1, 0.15) is 0 Å². The van der Waals surface area contributed by atoms with Crippen molar-refractivity contribution in [2.45, 2.75) is 64.7 Å². The summed E-state index contributed by atoms with van der Waals surface area (Å²) in [5.41, 5.74) is 0. The highest BCUT2D eigenvalue weighted by molar-refractivity contribution is 4.82. The van der Waals surface area contributed by atoms with Gasteiger partial charge in [0.05, 0.1) is 0 Å². The lowest BCUT2D eigenvalue weighted by atomic mass is 10.1. The summed E-state index contributed by atoms with van der Waals surface area (Å²) < 4.78 is 0. The third-order valence-electron chi connectivity index (χ3n) is 2.72. The quantitative estimate of drug-likeness (QED) is 0.370. The van der Waals surface area contributed by atoms with Crippen LogP contribution in [0.5, 0.6) is 0 Å². The Morgan fingerprint density at radius 3 is 2.19 bits per heavy atom. The predicted molar refractivity (Wildman–Crippen MR) is 74.6 cm³/mol. The molecule has 0 heterocycles. The van der Waals surface area contributed by atoms with Gasteiger partial charge in [-0.2, -0.15) is 0 Å². The summed E-state index contributed by atoms with van der Waals surface area (Å²) in [6.07, 6.45) is 18.5. The van der Waals surface area contributed by atoms with Crippen molar-refractivity contribution in [1.82, 2.24) is 5.32 Å². The molecule has 0 bridgehead atoms. The molecular formula is C15H29N. The van der Waals surface area contributed by atoms with Crippen molar-refractivity contribution in [2.75, 3.05) is 6.54 Å². The van der Waals surface area contributed by atoms with Gasteiger partial charge in [-0.15, -0.1) is 6.58 Å². The Balaban J connectivity index is 2.98. The summed E-state index contributed by atoms with van der Waals surface area (Å²) in [6, 6.07) is 0. The lowest BCUT2D eigenvalue weighted by molar-refractivity contribution is 0.577. The van der Waals surface area contributed by atoms with E-state index in [1.807, 2.05) is 12.3 Å². The van der Waals surface area contributed by atoms with Crippen LogP contribution >= 0.6 is 0 Å². The van der Waals surface area contributed by atoms with Crippen molar-refractivity contribution < 1.29 is 0 Å². The number of allylic oxidation sites excluding steroid dienone is 1. The third-order valence-corrected chi connectivity index (χ3v) is 2.72. The smallest absolute Gasteiger partial charge is 0.0322 e. The zero-order valence-corrected chi connectivity index (χ0v) is 11.0. The molecule has 0 saturated carbocycles. The summed E-state index contributed by atoms with van der Waals surface area (Å²) in [5.74, 6) is 0. The van der Waals surface area contributed by atoms with Crippen LogP contribution in [-0.2, 0) is 0 Å². The highest BCUT2D eigenvalue weighted by Gasteiger charge is 1.89. The molecule has 0 saturated heterocycles. The number of nitrogens with one attached hydrogen (secondary N) is 1. The second-order valence-corrected chi connectivity index (χ2v) is 4.36. The van der Waals surface area contributed by atoms with E-state index in [2.05, 4.69) is 24.9 Å². The van der Waals surface area contributed by atoms with Crippen LogP contribution in [0, 0.1) is 0 Å². The molecule has 1 heteroatoms. The fourth-order valence-corrected chi connectivity index (χ4v) is 1.71. The molecule has 0 spiro atoms. The van der Waals surface area contributed by atoms with E-state index in [0.717, 1.165) is 6.54 Å². The van der Waals surface area contributed by atoms with Crippen LogP contribution in [0.1, 0.15) is 64.7 Å². The van der Waals surface area contributed by atoms with E-state index in [0.29, 0.717) is 0 Å². The highest BCUT2D eigenvalue weighted by Crippen LogP contribution is 2.09. The van der Waals surface area contributed by atoms with Gasteiger partial charge in [-0.25, -0.2) is 0 Å². The van der Waals surface area contributed by atoms with Gasteiger partial charge in [-0.1, -0.05) is 64.0 Å². The minimum absolute atomic E-state index is 0.869. The van der Waals surface area contributed by atoms with Crippen LogP contribution in [0.2, 0.25) is 0 Å². The zero-order chi connectivity index (χ0) is 11.9. The molecule has 0 aliphatic carbocycles. The van der Waals surface area contributed by atoms with E-state index >= 15 is 0 Å². The van der Waals surface area contributed by atoms with Crippen molar-refractivity contribution in [1.29, 1.82) is 0 Å². The Kier molecular flexibility index (Phi) is 13.6. The molecule has 0 aliphatic rings. The fourth-order valence-electron chi connectivity index (χ4n) is 1.71. The van der Waals surface area contributed by atoms with Gasteiger partial charge in [0, 0.05) is 6.54 Å². The monoisotopic (exact) mass is 223 g/mol. The van der Waals surface area contributed by atoms with Crippen LogP contribution in [0.25, 0.3) is 0 Å². The summed E-state index contributed by atoms with van der Waals surface area (Å²) in [4.78, 5) is 0. The fraction of sp³-hybridized carbons (Fsp3) is 0.733. The average Bonchev–Trinajstić information content (AvgIpc) is 2.31. The molecule has 0 unspecified atom stereocenters. The normalized spacial score (nSPS) is 10.8. The summed E-state index contributed by atoms with van der Waals surface area (Å²) >= 11 is 0. The van der Waals surface area contributed by atoms with Gasteiger partial charge in [0.25, 0.3) is 0 Å². The van der Waals surface area contributed by atoms with Crippen molar-refractivity contribution in [3.8, 4) is 0 Å². The number of hydrogen-bond donors (Lipinski definition) is 1. The molecule has 0 aromatic rings. The number of unbranched alkanes of at least 4 members (excludes halogenated alkanes) is 8. The zero-order valence-electron chi connectivity index (χ0n) is 11.0. The van der Waals surface area contributed by atoms with Crippen LogP contribution in [-0.4, -0.2) is 6.54 Å². The van der Waals surface area contributed by atoms with Gasteiger partial charge < -0.3 is 5.32 Å². The molecule has 0 atom stereocenters. The van der Waals surface area contributed by atoms with Crippen LogP contribution < -0.4 is 5.32 Å². The first-order valence-electron chi connectivity index (χ1n) is 6.91. The largest absolute Gasteiger partial charge is 0.388 e. The number of hydrogen-bond acceptors (Lipinski definition) is 1. The minimum atomic E-state index is 0.869. The minimum Gasteiger partial charge on any atom is -0.388 e. The second kappa shape index (κ2) is 14.3. The molecule has 0 aromatic carbocycles. The second-order valence-electron chi connectivity index (χ2n) is 4.36. The molecule has 0 radical (unpaired) electrons. The van der Waals surface area contributed by atoms with Crippen molar-refractivity contribution in [3.63, 3.8) is 0 Å². The maximum atomic E-state index is 3.65. The van der Waals surface area contributed by atoms with Crippen LogP contribution in [0.3, 0.4) is 0 Å². The molecular weight excluding hydrogens is 194 g/mol. The summed E-state index contributed by atoms with van der Waals surface area (Å²) in [7, 11) is 0. The molecule has 94 valence electrons. The summed E-state index contributed by atoms with van der Waals surface area (Å²) in [6.45, 7) is 6.79. The van der Waals surface area contributed by atoms with Crippen molar-refractivity contribution in [2.24, 2.45) is 0 Å². The Morgan fingerprint density at radius 2 is 1.56 bits per heavy atom. The van der Waals surface area contributed by atoms with Gasteiger partial charge in [-0.05, 0) is 19.0 Å². The Bertz CT molecular complexity index is 161. The summed E-state index contributed by atoms with van der Waals surface area (Å²) in [5, 5.41) is 3.16. The van der Waals surface area contributed by atoms with E-state index in [1.165, 1.54) is 57.8 Å². The van der Waals surface area contributed by atoms with Crippen molar-refractivity contribution >= 4 is 0 Å². The van der Waals surface area contributed by atoms with Gasteiger partial charge in [0.15, 0.2) is 0 Å². The molecule has 1 N–H and O–H groups in total. The van der Waals surface area contributed by atoms with Gasteiger partial charge >= 0.3 is 0 Å². The molecule has 0 aliphatic heterocycles. The maximum absolute atomic E-state index is 3.65. The molecule has 0 fully saturated rings. The maximum Gasteiger partial charge on any atom is 0.0322 e. The molecule has 16 heavy (non-hydrogen) atoms. The molecule has 0 aromatic heterocycles. The van der Waals surface area contributed by atoms with E-state index in [1.54, 1.807) is 0 Å². The highest BCUT2D eigenvalue weighted by atomic mass is 14.8. The Labute approximate surface area is 102 Å². The van der Waals surface area contributed by atoms with E-state index in [-0.39, 0.29) is 0 Å². The Hall–Kier alpha value is -0.720. The van der Waals surface area contributed by atoms with E-state index in [9.17, 15) is 0 Å². The first kappa shape index (κ1) is 15.3. The number of rotatable bonds is 12. The van der Waals surface area contributed by atoms with E-state index in [4.69, 9.17) is 0 Å². The molecule has 0 rings (SSSR count). The predicted octanol–water partition coefficient (Wildman–Crippen LogP) is 4.81. The van der Waals surface area contributed by atoms with Gasteiger partial charge in [0.2, 0.25) is 0 Å². The van der Waals surface area contributed by atoms with E-state index < -0.39 is 0 Å². The standard InChI is InChI=1S/C15H29N/c1-3-5-6-7-8-9-10-11-12-13-15-16-14-4-2/h4,13,15-16H,2-3,5-12,14H2,1H3. The Morgan fingerprint density at radius 1 is 0.938 bits per heavy atom. The lowest BCUT2D eigenvalue weighted by Gasteiger charge is -1.99. The first-order chi connectivity index (χ1) is 7.91. The SMILES string of the molecule is C=CCNC=CCCCCCCCCCC. The molecule has 1 nitrogen and oxygen atoms in total. The first-order valence-corrected chi connectivity index (χ1v) is 6.91. The third kappa shape index (κ3) is 13.3. The van der Waals surface area contributed by atoms with Crippen LogP contribution in [0.4, 0.5) is 0 Å².